The number of hydrogen-bond acceptors (Lipinski definition) is 8. The Hall–Kier alpha value is -2.54. The van der Waals surface area contributed by atoms with Crippen LogP contribution in [0.5, 0.6) is 0 Å². The first-order valence-electron chi connectivity index (χ1n) is 9.55. The summed E-state index contributed by atoms with van der Waals surface area (Å²) in [5.41, 5.74) is 10.0. The fourth-order valence-corrected chi connectivity index (χ4v) is 5.44. The summed E-state index contributed by atoms with van der Waals surface area (Å²) in [7, 11) is -4.82. The Kier molecular flexibility index (Phi) is 7.27. The van der Waals surface area contributed by atoms with Crippen molar-refractivity contribution in [1.82, 2.24) is 13.3 Å². The van der Waals surface area contributed by atoms with Gasteiger partial charge in [-0.3, -0.25) is 19.8 Å². The predicted molar refractivity (Wildman–Crippen MR) is 127 cm³/mol. The second kappa shape index (κ2) is 10.2. The van der Waals surface area contributed by atoms with Crippen molar-refractivity contribution in [3.05, 3.63) is 89.8 Å². The zero-order valence-electron chi connectivity index (χ0n) is 17.0. The van der Waals surface area contributed by atoms with Crippen LogP contribution in [0.3, 0.4) is 0 Å². The quantitative estimate of drug-likeness (QED) is 0.244. The molecule has 0 aliphatic carbocycles. The summed E-state index contributed by atoms with van der Waals surface area (Å²) in [6.07, 6.45) is 7.29. The number of nitrogens with two attached hydrogens (primary N) is 1. The summed E-state index contributed by atoms with van der Waals surface area (Å²) >= 11 is -0.975. The maximum Gasteiger partial charge on any atom is 0.267 e. The molecule has 0 spiro atoms. The number of pyridine rings is 1. The summed E-state index contributed by atoms with van der Waals surface area (Å²) < 4.78 is 35.9. The van der Waals surface area contributed by atoms with E-state index in [1.807, 2.05) is 12.1 Å². The van der Waals surface area contributed by atoms with Crippen LogP contribution in [0, 0.1) is 5.82 Å². The zero-order chi connectivity index (χ0) is 23.4. The molecule has 1 atom stereocenters. The minimum absolute atomic E-state index is 0.295. The van der Waals surface area contributed by atoms with Gasteiger partial charge in [0, 0.05) is 57.0 Å². The van der Waals surface area contributed by atoms with Crippen LogP contribution in [-0.4, -0.2) is 28.5 Å². The average Bonchev–Trinajstić information content (AvgIpc) is 3.14. The number of benzene rings is 1. The maximum absolute atomic E-state index is 13.1. The highest BCUT2D eigenvalue weighted by Gasteiger charge is 2.16. The second-order valence-electron chi connectivity index (χ2n) is 6.90. The van der Waals surface area contributed by atoms with Crippen LogP contribution in [-0.2, 0) is 15.5 Å². The van der Waals surface area contributed by atoms with Gasteiger partial charge in [0.2, 0.25) is 0 Å². The normalized spacial score (nSPS) is 15.8. The minimum Gasteiger partial charge on any atom is -0.756 e. The van der Waals surface area contributed by atoms with E-state index < -0.39 is 28.8 Å². The second-order valence-corrected chi connectivity index (χ2v) is 11.0. The van der Waals surface area contributed by atoms with Gasteiger partial charge in [-0.2, -0.15) is 0 Å². The van der Waals surface area contributed by atoms with Crippen LogP contribution in [0.4, 0.5) is 4.39 Å². The Morgan fingerprint density at radius 2 is 2.06 bits per heavy atom. The molecule has 0 radical (unpaired) electrons. The van der Waals surface area contributed by atoms with Gasteiger partial charge in [-0.15, -0.1) is 0 Å². The highest BCUT2D eigenvalue weighted by Crippen LogP contribution is 2.32. The molecule has 1 aliphatic rings. The fourth-order valence-electron chi connectivity index (χ4n) is 2.95. The van der Waals surface area contributed by atoms with Crippen molar-refractivity contribution >= 4 is 38.0 Å². The van der Waals surface area contributed by atoms with Gasteiger partial charge < -0.3 is 17.4 Å². The molecule has 12 heteroatoms. The van der Waals surface area contributed by atoms with Gasteiger partial charge in [0.25, 0.3) is 7.82 Å². The SMILES string of the molecule is NC1=IN(COP(=O)([O-])O)C=CC=C1c1cc(Cc2ccc(-c3ccc(F)cc3)nc2)no1. The molecule has 172 valence electrons. The van der Waals surface area contributed by atoms with Crippen molar-refractivity contribution < 1.29 is 27.8 Å². The summed E-state index contributed by atoms with van der Waals surface area (Å²) in [6, 6.07) is 11.7. The highest BCUT2D eigenvalue weighted by molar-refractivity contribution is 14.2. The smallest absolute Gasteiger partial charge is 0.267 e. The van der Waals surface area contributed by atoms with E-state index in [-0.39, 0.29) is 12.5 Å². The van der Waals surface area contributed by atoms with Crippen LogP contribution in [0.15, 0.2) is 71.5 Å². The molecule has 4 rings (SSSR count). The molecule has 3 N–H and O–H groups in total. The van der Waals surface area contributed by atoms with Crippen LogP contribution < -0.4 is 10.6 Å². The lowest BCUT2D eigenvalue weighted by atomic mass is 10.1. The minimum atomic E-state index is -4.82. The van der Waals surface area contributed by atoms with E-state index >= 15 is 0 Å². The third-order valence-corrected chi connectivity index (χ3v) is 7.25. The van der Waals surface area contributed by atoms with Gasteiger partial charge in [-0.1, -0.05) is 11.2 Å². The number of phosphoric acid groups is 1. The molecule has 33 heavy (non-hydrogen) atoms. The number of halogens is 2. The molecule has 3 heterocycles. The third-order valence-electron chi connectivity index (χ3n) is 4.49. The average molecular weight is 583 g/mol. The molecule has 0 fully saturated rings. The van der Waals surface area contributed by atoms with Gasteiger partial charge in [-0.25, -0.2) is 4.39 Å². The number of hydrogen-bond donors (Lipinski definition) is 2. The van der Waals surface area contributed by atoms with Gasteiger partial charge in [0.1, 0.15) is 12.5 Å². The van der Waals surface area contributed by atoms with E-state index in [0.717, 1.165) is 16.8 Å². The van der Waals surface area contributed by atoms with Crippen molar-refractivity contribution in [3.63, 3.8) is 0 Å². The number of phosphoric ester groups is 1. The van der Waals surface area contributed by atoms with E-state index in [2.05, 4.69) is 14.7 Å². The number of nitrogens with zero attached hydrogens (tertiary/aromatic N) is 3. The molecule has 1 aromatic carbocycles. The Morgan fingerprint density at radius 1 is 1.27 bits per heavy atom. The van der Waals surface area contributed by atoms with E-state index in [1.165, 1.54) is 12.1 Å². The molecule has 1 unspecified atom stereocenters. The summed E-state index contributed by atoms with van der Waals surface area (Å²) in [5, 5.41) is 4.11. The first kappa shape index (κ1) is 23.6. The van der Waals surface area contributed by atoms with Crippen molar-refractivity contribution in [3.8, 4) is 11.3 Å². The molecule has 1 aliphatic heterocycles. The van der Waals surface area contributed by atoms with Crippen molar-refractivity contribution in [2.24, 2.45) is 5.73 Å². The molecule has 0 saturated carbocycles. The largest absolute Gasteiger partial charge is 0.756 e. The first-order valence-corrected chi connectivity index (χ1v) is 13.1. The summed E-state index contributed by atoms with van der Waals surface area (Å²) in [5.74, 6) is 0.193. The molecule has 0 amide bonds. The van der Waals surface area contributed by atoms with Gasteiger partial charge >= 0.3 is 0 Å². The zero-order valence-corrected chi connectivity index (χ0v) is 20.0. The van der Waals surface area contributed by atoms with Crippen molar-refractivity contribution in [1.29, 1.82) is 0 Å². The van der Waals surface area contributed by atoms with Crippen molar-refractivity contribution in [2.45, 2.75) is 6.42 Å². The lowest BCUT2D eigenvalue weighted by Crippen LogP contribution is -2.16. The van der Waals surface area contributed by atoms with Crippen LogP contribution in [0.25, 0.3) is 16.8 Å². The third kappa shape index (κ3) is 6.50. The highest BCUT2D eigenvalue weighted by atomic mass is 127. The molecular formula is C21H18FIN4O5P-. The Bertz CT molecular complexity index is 1270. The Morgan fingerprint density at radius 3 is 2.76 bits per heavy atom. The number of aromatic nitrogens is 2. The Balaban J connectivity index is 1.43. The van der Waals surface area contributed by atoms with E-state index in [4.69, 9.17) is 15.2 Å². The van der Waals surface area contributed by atoms with Crippen molar-refractivity contribution in [2.75, 3.05) is 6.73 Å². The van der Waals surface area contributed by atoms with E-state index in [1.54, 1.807) is 45.9 Å². The fraction of sp³-hybridized carbons (Fsp3) is 0.0952. The molecule has 2 aromatic heterocycles. The summed E-state index contributed by atoms with van der Waals surface area (Å²) in [4.78, 5) is 24.0. The number of rotatable bonds is 7. The molecule has 3 aromatic rings. The van der Waals surface area contributed by atoms with Crippen LogP contribution in [0.2, 0.25) is 0 Å². The standard InChI is InChI=1S/C21H19FIN4O5P/c22-16-6-4-15(5-7-16)19-8-3-14(12-25-19)10-17-11-20(32-26-17)18-2-1-9-27(23-21(18)24)13-31-33(28,29)30/h1-9,11-12H,10,13,24H2,(H2,28,29,30)/p-1. The van der Waals surface area contributed by atoms with E-state index in [9.17, 15) is 13.8 Å². The molecule has 9 nitrogen and oxygen atoms in total. The number of allylic oxidation sites excluding steroid dienone is 2. The lowest BCUT2D eigenvalue weighted by molar-refractivity contribution is -0.221. The monoisotopic (exact) mass is 583 g/mol. The lowest BCUT2D eigenvalue weighted by Gasteiger charge is -2.20. The first-order chi connectivity index (χ1) is 15.8. The Labute approximate surface area is 198 Å². The van der Waals surface area contributed by atoms with Gasteiger partial charge in [-0.05, 0) is 48.0 Å². The molecule has 0 saturated heterocycles. The van der Waals surface area contributed by atoms with Crippen LogP contribution >= 0.6 is 28.8 Å². The topological polar surface area (TPSA) is 138 Å². The van der Waals surface area contributed by atoms with Gasteiger partial charge in [0.05, 0.1) is 15.0 Å². The van der Waals surface area contributed by atoms with E-state index in [0.29, 0.717) is 27.1 Å². The molecule has 0 bridgehead atoms. The maximum atomic E-state index is 13.1. The molecular weight excluding hydrogens is 565 g/mol. The van der Waals surface area contributed by atoms with Gasteiger partial charge in [0.15, 0.2) is 5.76 Å². The van der Waals surface area contributed by atoms with Crippen LogP contribution in [0.1, 0.15) is 17.0 Å². The summed E-state index contributed by atoms with van der Waals surface area (Å²) in [6.45, 7) is -0.328. The predicted octanol–water partition coefficient (Wildman–Crippen LogP) is 3.09.